The molecule has 1 saturated carbocycles. The first-order valence-corrected chi connectivity index (χ1v) is 28.4. The molecule has 5 fully saturated rings. The second-order valence-corrected chi connectivity index (χ2v) is 23.0. The Morgan fingerprint density at radius 3 is 2.39 bits per heavy atom. The predicted molar refractivity (Wildman–Crippen MR) is 295 cm³/mol. The van der Waals surface area contributed by atoms with Gasteiger partial charge in [-0.15, -0.1) is 21.5 Å². The van der Waals surface area contributed by atoms with Crippen LogP contribution in [0.2, 0.25) is 0 Å². The Kier molecular flexibility index (Phi) is 15.5. The number of piperidine rings is 1. The number of piperazine rings is 1. The number of aryl methyl sites for hydroxylation is 2. The zero-order chi connectivity index (χ0) is 53.3. The fraction of sp³-hybridized carbons (Fsp3) is 0.500. The number of rotatable bonds is 18. The standard InChI is InChI=1S/C58H71N11O7S/c1-34(2)54(58(73)68-32-43(70)26-50(68)57(72)62-35(3)37-11-13-38(14-12-37)55-36(4)61-33-77-55)52-24-39(65-76-52)8-7-21-66-22-18-44(19-23-66)74-45-27-46(28-45)75-53-25-40(17-20-60-53)69-41-15-16-42(69)31-67(30-41)49-29-48(63-64-56(49)59)47-9-5-6-10-51(47)71/h5-6,9-14,17,20,24-25,29,33-35,41-46,50,54,70-71H,7-8,15-16,18-19,21-23,26-28,30-32H2,1-4H3,(H2,59,64)(H,62,72)/t35-,41?,42?,43+,45-,46-,50-,54+/m0/s1. The normalized spacial score (nSPS) is 23.5. The fourth-order valence-electron chi connectivity index (χ4n) is 12.2. The van der Waals surface area contributed by atoms with Gasteiger partial charge in [-0.3, -0.25) is 9.59 Å². The summed E-state index contributed by atoms with van der Waals surface area (Å²) in [5.74, 6) is 0.395. The number of phenols is 1. The molecule has 77 heavy (non-hydrogen) atoms. The van der Waals surface area contributed by atoms with Crippen molar-refractivity contribution < 1.29 is 33.8 Å². The Hall–Kier alpha value is -6.67. The van der Waals surface area contributed by atoms with Gasteiger partial charge in [0.1, 0.15) is 29.6 Å². The molecule has 18 nitrogen and oxygen atoms in total. The van der Waals surface area contributed by atoms with Crippen LogP contribution in [0.15, 0.2) is 89.0 Å². The van der Waals surface area contributed by atoms with Crippen LogP contribution in [0.25, 0.3) is 21.7 Å². The minimum atomic E-state index is -0.801. The third-order valence-corrected chi connectivity index (χ3v) is 17.4. The second-order valence-electron chi connectivity index (χ2n) is 22.1. The lowest BCUT2D eigenvalue weighted by Crippen LogP contribution is -2.54. The van der Waals surface area contributed by atoms with E-state index in [0.29, 0.717) is 40.8 Å². The lowest BCUT2D eigenvalue weighted by Gasteiger charge is -2.43. The number of likely N-dealkylation sites (tertiary alicyclic amines) is 2. The molecule has 2 aromatic carbocycles. The molecule has 19 heteroatoms. The summed E-state index contributed by atoms with van der Waals surface area (Å²) in [6.07, 6.45) is 9.15. The number of phenolic OH excluding ortho intramolecular Hbond substituents is 1. The van der Waals surface area contributed by atoms with E-state index < -0.39 is 18.1 Å². The molecule has 2 amide bonds. The predicted octanol–water partition coefficient (Wildman–Crippen LogP) is 7.71. The number of fused-ring (bicyclic) bond motifs is 2. The first-order valence-electron chi connectivity index (χ1n) is 27.5. The first kappa shape index (κ1) is 52.4. The first-order chi connectivity index (χ1) is 37.3. The molecule has 5 aliphatic rings. The van der Waals surface area contributed by atoms with Crippen molar-refractivity contribution in [2.24, 2.45) is 5.92 Å². The molecule has 6 atom stereocenters. The quantitative estimate of drug-likeness (QED) is 0.0647. The number of ether oxygens (including phenoxy) is 2. The number of nitrogens with zero attached hydrogens (tertiary/aromatic N) is 9. The molecule has 8 heterocycles. The number of aromatic hydroxyl groups is 1. The van der Waals surface area contributed by atoms with Crippen LogP contribution in [0.4, 0.5) is 17.2 Å². The van der Waals surface area contributed by atoms with Gasteiger partial charge >= 0.3 is 0 Å². The molecule has 0 spiro atoms. The Bertz CT molecular complexity index is 3000. The number of carbonyl (C=O) groups excluding carboxylic acids is 2. The number of anilines is 3. The minimum Gasteiger partial charge on any atom is -0.507 e. The van der Waals surface area contributed by atoms with Crippen LogP contribution in [0.3, 0.4) is 0 Å². The average Bonchev–Trinajstić information content (AvgIpc) is 4.22. The summed E-state index contributed by atoms with van der Waals surface area (Å²) in [4.78, 5) is 47.0. The summed E-state index contributed by atoms with van der Waals surface area (Å²) < 4.78 is 18.9. The maximum atomic E-state index is 14.3. The Morgan fingerprint density at radius 2 is 1.66 bits per heavy atom. The molecule has 5 N–H and O–H groups in total. The number of thiazole rings is 1. The summed E-state index contributed by atoms with van der Waals surface area (Å²) in [7, 11) is 0. The molecule has 2 unspecified atom stereocenters. The van der Waals surface area contributed by atoms with E-state index in [4.69, 9.17) is 19.7 Å². The third kappa shape index (κ3) is 11.5. The number of aliphatic hydroxyl groups is 1. The van der Waals surface area contributed by atoms with E-state index >= 15 is 0 Å². The van der Waals surface area contributed by atoms with E-state index in [1.54, 1.807) is 23.5 Å². The molecule has 4 aliphatic heterocycles. The van der Waals surface area contributed by atoms with Crippen molar-refractivity contribution >= 4 is 40.3 Å². The highest BCUT2D eigenvalue weighted by atomic mass is 32.1. The zero-order valence-electron chi connectivity index (χ0n) is 44.4. The third-order valence-electron chi connectivity index (χ3n) is 16.4. The maximum Gasteiger partial charge on any atom is 0.243 e. The SMILES string of the molecule is Cc1ncsc1-c1ccc([C@H](C)NC(=O)[C@@H]2C[C@@H](O)CN2C(=O)[C@@H](c2cc(CCCN3CCC(O[C@H]4C[C@H](Oc5cc(N6C7CCC6CN(c6cc(-c8ccccc8O)nnc6N)C7)ccn5)C4)CC3)no2)C(C)C)cc1. The van der Waals surface area contributed by atoms with Crippen molar-refractivity contribution in [3.05, 3.63) is 107 Å². The number of benzene rings is 2. The van der Waals surface area contributed by atoms with Crippen LogP contribution < -0.4 is 25.6 Å². The lowest BCUT2D eigenvalue weighted by atomic mass is 9.91. The molecular formula is C58H71N11O7S. The number of hydrogen-bond donors (Lipinski definition) is 4. The number of nitrogen functional groups attached to an aromatic ring is 1. The molecule has 2 bridgehead atoms. The van der Waals surface area contributed by atoms with Crippen LogP contribution in [-0.4, -0.2) is 139 Å². The summed E-state index contributed by atoms with van der Waals surface area (Å²) in [5.41, 5.74) is 15.2. The molecular weight excluding hydrogens is 995 g/mol. The van der Waals surface area contributed by atoms with Gasteiger partial charge in [-0.05, 0) is 100 Å². The Morgan fingerprint density at radius 1 is 0.896 bits per heavy atom. The number of aromatic nitrogens is 5. The number of nitrogens with one attached hydrogen (secondary N) is 1. The van der Waals surface area contributed by atoms with E-state index in [1.165, 1.54) is 4.90 Å². The van der Waals surface area contributed by atoms with Crippen LogP contribution in [0.5, 0.6) is 11.6 Å². The van der Waals surface area contributed by atoms with Crippen molar-refractivity contribution in [1.29, 1.82) is 0 Å². The molecule has 6 aromatic rings. The van der Waals surface area contributed by atoms with Gasteiger partial charge < -0.3 is 54.9 Å². The molecule has 4 aromatic heterocycles. The highest BCUT2D eigenvalue weighted by Gasteiger charge is 2.44. The van der Waals surface area contributed by atoms with Crippen LogP contribution in [-0.2, 0) is 20.7 Å². The smallest absolute Gasteiger partial charge is 0.243 e. The van der Waals surface area contributed by atoms with Crippen LogP contribution in [0, 0.1) is 12.8 Å². The zero-order valence-corrected chi connectivity index (χ0v) is 45.2. The topological polar surface area (TPSA) is 222 Å². The van der Waals surface area contributed by atoms with E-state index in [0.717, 1.165) is 123 Å². The number of pyridine rings is 1. The van der Waals surface area contributed by atoms with Crippen LogP contribution in [0.1, 0.15) is 107 Å². The molecule has 406 valence electrons. The van der Waals surface area contributed by atoms with E-state index in [2.05, 4.69) is 57.5 Å². The van der Waals surface area contributed by atoms with Gasteiger partial charge in [0.2, 0.25) is 17.7 Å². The van der Waals surface area contributed by atoms with Crippen molar-refractivity contribution in [2.45, 2.75) is 140 Å². The average molecular weight is 1070 g/mol. The number of carbonyl (C=O) groups is 2. The van der Waals surface area contributed by atoms with Gasteiger partial charge in [-0.2, -0.15) is 0 Å². The monoisotopic (exact) mass is 1070 g/mol. The number of amides is 2. The van der Waals surface area contributed by atoms with Crippen LogP contribution >= 0.6 is 11.3 Å². The Balaban J connectivity index is 0.601. The molecule has 4 saturated heterocycles. The van der Waals surface area contributed by atoms with Crippen molar-refractivity contribution in [3.63, 3.8) is 0 Å². The molecule has 11 rings (SSSR count). The summed E-state index contributed by atoms with van der Waals surface area (Å²) >= 11 is 1.60. The number of aliphatic hydroxyl groups excluding tert-OH is 1. The summed E-state index contributed by atoms with van der Waals surface area (Å²) in [6.45, 7) is 12.4. The van der Waals surface area contributed by atoms with Gasteiger partial charge in [0, 0.05) is 93.7 Å². The maximum absolute atomic E-state index is 14.3. The van der Waals surface area contributed by atoms with E-state index in [-0.39, 0.29) is 60.8 Å². The number of β-amino-alcohol motifs (C(OH)–C–C–N with tert-alkyl or cyclic N) is 1. The van der Waals surface area contributed by atoms with Crippen molar-refractivity contribution in [3.8, 4) is 33.3 Å². The minimum absolute atomic E-state index is 0.0723. The largest absolute Gasteiger partial charge is 0.507 e. The van der Waals surface area contributed by atoms with Gasteiger partial charge in [-0.1, -0.05) is 55.4 Å². The molecule has 0 radical (unpaired) electrons. The number of para-hydroxylation sites is 1. The fourth-order valence-corrected chi connectivity index (χ4v) is 13.1. The van der Waals surface area contributed by atoms with Gasteiger partial charge in [0.15, 0.2) is 5.82 Å². The second kappa shape index (κ2) is 22.7. The van der Waals surface area contributed by atoms with E-state index in [1.807, 2.05) is 87.9 Å². The Labute approximate surface area is 454 Å². The van der Waals surface area contributed by atoms with Gasteiger partial charge in [0.05, 0.1) is 57.5 Å². The van der Waals surface area contributed by atoms with Crippen molar-refractivity contribution in [2.75, 3.05) is 54.8 Å². The summed E-state index contributed by atoms with van der Waals surface area (Å²) in [6, 6.07) is 22.7. The molecule has 1 aliphatic carbocycles. The highest BCUT2D eigenvalue weighted by molar-refractivity contribution is 7.13. The van der Waals surface area contributed by atoms with Crippen molar-refractivity contribution in [1.82, 2.24) is 40.4 Å². The van der Waals surface area contributed by atoms with Gasteiger partial charge in [0.25, 0.3) is 0 Å². The van der Waals surface area contributed by atoms with E-state index in [9.17, 15) is 19.8 Å². The highest BCUT2D eigenvalue weighted by Crippen LogP contribution is 2.41. The lowest BCUT2D eigenvalue weighted by molar-refractivity contribution is -0.141. The summed E-state index contributed by atoms with van der Waals surface area (Å²) in [5, 5.41) is 37.3. The number of hydrogen-bond acceptors (Lipinski definition) is 17. The van der Waals surface area contributed by atoms with Gasteiger partial charge in [-0.25, -0.2) is 9.97 Å². The number of nitrogens with two attached hydrogens (primary N) is 1.